The molecule has 1 aliphatic rings. The van der Waals surface area contributed by atoms with E-state index in [9.17, 15) is 9.59 Å². The first-order chi connectivity index (χ1) is 8.56. The second-order valence-electron chi connectivity index (χ2n) is 4.30. The fourth-order valence-corrected chi connectivity index (χ4v) is 1.76. The first-order valence-electron chi connectivity index (χ1n) is 6.06. The third-order valence-corrected chi connectivity index (χ3v) is 2.83. The molecule has 0 spiro atoms. The van der Waals surface area contributed by atoms with Gasteiger partial charge in [0.2, 0.25) is 5.91 Å². The number of rotatable bonds is 7. The topological polar surface area (TPSA) is 108 Å². The van der Waals surface area contributed by atoms with E-state index < -0.39 is 12.1 Å². The Morgan fingerprint density at radius 3 is 2.78 bits per heavy atom. The van der Waals surface area contributed by atoms with Crippen molar-refractivity contribution in [2.75, 3.05) is 26.3 Å². The number of hydrogen-bond donors (Lipinski definition) is 4. The van der Waals surface area contributed by atoms with E-state index in [1.807, 2.05) is 6.92 Å². The number of carbonyl (C=O) groups excluding carboxylic acids is 1. The van der Waals surface area contributed by atoms with Crippen molar-refractivity contribution in [3.8, 4) is 0 Å². The highest BCUT2D eigenvalue weighted by Crippen LogP contribution is 2.13. The molecule has 2 unspecified atom stereocenters. The molecule has 1 aliphatic heterocycles. The molecule has 4 N–H and O–H groups in total. The number of aliphatic hydroxyl groups excluding tert-OH is 1. The Bertz CT molecular complexity index is 297. The van der Waals surface area contributed by atoms with E-state index in [-0.39, 0.29) is 24.4 Å². The van der Waals surface area contributed by atoms with Crippen molar-refractivity contribution in [2.24, 2.45) is 5.92 Å². The van der Waals surface area contributed by atoms with Gasteiger partial charge < -0.3 is 25.6 Å². The molecule has 7 nitrogen and oxygen atoms in total. The summed E-state index contributed by atoms with van der Waals surface area (Å²) >= 11 is 0. The number of ether oxygens (including phenoxy) is 1. The van der Waals surface area contributed by atoms with Gasteiger partial charge in [-0.3, -0.25) is 4.79 Å². The normalized spacial score (nSPS) is 24.8. The van der Waals surface area contributed by atoms with Gasteiger partial charge in [-0.05, 0) is 13.0 Å². The SMILES string of the molecule is CCCNC1COCC1C(=O)NC[C@H](O)C(=O)O. The monoisotopic (exact) mass is 260 g/mol. The second kappa shape index (κ2) is 7.30. The smallest absolute Gasteiger partial charge is 0.334 e. The molecule has 18 heavy (non-hydrogen) atoms. The molecule has 0 radical (unpaired) electrons. The fraction of sp³-hybridized carbons (Fsp3) is 0.818. The Morgan fingerprint density at radius 1 is 1.44 bits per heavy atom. The molecule has 3 atom stereocenters. The predicted octanol–water partition coefficient (Wildman–Crippen LogP) is -1.44. The minimum atomic E-state index is -1.57. The van der Waals surface area contributed by atoms with Crippen LogP contribution in [0.25, 0.3) is 0 Å². The van der Waals surface area contributed by atoms with Gasteiger partial charge in [-0.2, -0.15) is 0 Å². The largest absolute Gasteiger partial charge is 0.479 e. The molecular weight excluding hydrogens is 240 g/mol. The highest BCUT2D eigenvalue weighted by Gasteiger charge is 2.33. The van der Waals surface area contributed by atoms with Crippen LogP contribution in [0.15, 0.2) is 0 Å². The Labute approximate surface area is 106 Å². The van der Waals surface area contributed by atoms with Gasteiger partial charge in [0.25, 0.3) is 0 Å². The number of nitrogens with one attached hydrogen (secondary N) is 2. The van der Waals surface area contributed by atoms with Crippen LogP contribution in [0, 0.1) is 5.92 Å². The van der Waals surface area contributed by atoms with Gasteiger partial charge in [0.1, 0.15) is 0 Å². The highest BCUT2D eigenvalue weighted by atomic mass is 16.5. The lowest BCUT2D eigenvalue weighted by molar-refractivity contribution is -0.146. The Kier molecular flexibility index (Phi) is 6.03. The Balaban J connectivity index is 2.37. The van der Waals surface area contributed by atoms with Gasteiger partial charge in [0, 0.05) is 6.04 Å². The van der Waals surface area contributed by atoms with Gasteiger partial charge >= 0.3 is 5.97 Å². The van der Waals surface area contributed by atoms with Crippen molar-refractivity contribution in [3.63, 3.8) is 0 Å². The second-order valence-corrected chi connectivity index (χ2v) is 4.30. The van der Waals surface area contributed by atoms with Gasteiger partial charge in [0.15, 0.2) is 6.10 Å². The van der Waals surface area contributed by atoms with Crippen LogP contribution in [0.5, 0.6) is 0 Å². The summed E-state index contributed by atoms with van der Waals surface area (Å²) in [5.41, 5.74) is 0. The summed E-state index contributed by atoms with van der Waals surface area (Å²) in [6.45, 7) is 3.33. The molecular formula is C11H20N2O5. The van der Waals surface area contributed by atoms with E-state index in [0.717, 1.165) is 13.0 Å². The quantitative estimate of drug-likeness (QED) is 0.446. The third kappa shape index (κ3) is 4.25. The molecule has 1 amide bonds. The van der Waals surface area contributed by atoms with E-state index in [4.69, 9.17) is 14.9 Å². The fourth-order valence-electron chi connectivity index (χ4n) is 1.76. The molecule has 1 saturated heterocycles. The molecule has 0 aromatic heterocycles. The summed E-state index contributed by atoms with van der Waals surface area (Å²) in [6, 6.07) is -0.0491. The molecule has 0 aromatic rings. The summed E-state index contributed by atoms with van der Waals surface area (Å²) in [6.07, 6.45) is -0.610. The summed E-state index contributed by atoms with van der Waals surface area (Å²) < 4.78 is 5.24. The highest BCUT2D eigenvalue weighted by molar-refractivity contribution is 5.81. The molecule has 0 bridgehead atoms. The van der Waals surface area contributed by atoms with Crippen LogP contribution in [0.2, 0.25) is 0 Å². The number of carbonyl (C=O) groups is 2. The third-order valence-electron chi connectivity index (χ3n) is 2.83. The molecule has 1 fully saturated rings. The number of carboxylic acids is 1. The van der Waals surface area contributed by atoms with Crippen molar-refractivity contribution in [2.45, 2.75) is 25.5 Å². The zero-order chi connectivity index (χ0) is 13.5. The van der Waals surface area contributed by atoms with Gasteiger partial charge in [-0.25, -0.2) is 4.79 Å². The van der Waals surface area contributed by atoms with Crippen LogP contribution >= 0.6 is 0 Å². The van der Waals surface area contributed by atoms with Gasteiger partial charge in [-0.1, -0.05) is 6.92 Å². The summed E-state index contributed by atoms with van der Waals surface area (Å²) in [4.78, 5) is 22.2. The van der Waals surface area contributed by atoms with Crippen LogP contribution in [0.3, 0.4) is 0 Å². The maximum Gasteiger partial charge on any atom is 0.334 e. The standard InChI is InChI=1S/C11H20N2O5/c1-2-3-12-8-6-18-5-7(8)10(15)13-4-9(14)11(16)17/h7-9,12,14H,2-6H2,1H3,(H,13,15)(H,16,17)/t7?,8?,9-/m0/s1. The van der Waals surface area contributed by atoms with E-state index >= 15 is 0 Å². The Hall–Kier alpha value is -1.18. The van der Waals surface area contributed by atoms with E-state index in [1.54, 1.807) is 0 Å². The predicted molar refractivity (Wildman–Crippen MR) is 63.0 cm³/mol. The molecule has 104 valence electrons. The lowest BCUT2D eigenvalue weighted by Gasteiger charge is -2.18. The van der Waals surface area contributed by atoms with Gasteiger partial charge in [0.05, 0.1) is 25.7 Å². The van der Waals surface area contributed by atoms with Crippen molar-refractivity contribution in [1.82, 2.24) is 10.6 Å². The lowest BCUT2D eigenvalue weighted by atomic mass is 10.0. The molecule has 1 heterocycles. The van der Waals surface area contributed by atoms with E-state index in [1.165, 1.54) is 0 Å². The first-order valence-corrected chi connectivity index (χ1v) is 6.06. The van der Waals surface area contributed by atoms with Crippen LogP contribution in [0.4, 0.5) is 0 Å². The number of amides is 1. The average molecular weight is 260 g/mol. The van der Waals surface area contributed by atoms with E-state index in [2.05, 4.69) is 10.6 Å². The van der Waals surface area contributed by atoms with Crippen LogP contribution in [-0.4, -0.2) is 60.5 Å². The minimum absolute atomic E-state index is 0.0491. The van der Waals surface area contributed by atoms with Crippen molar-refractivity contribution in [3.05, 3.63) is 0 Å². The molecule has 0 aromatic carbocycles. The number of aliphatic carboxylic acids is 1. The average Bonchev–Trinajstić information content (AvgIpc) is 2.81. The van der Waals surface area contributed by atoms with Crippen LogP contribution in [0.1, 0.15) is 13.3 Å². The molecule has 7 heteroatoms. The van der Waals surface area contributed by atoms with Gasteiger partial charge in [-0.15, -0.1) is 0 Å². The van der Waals surface area contributed by atoms with Crippen molar-refractivity contribution in [1.29, 1.82) is 0 Å². The summed E-state index contributed by atoms with van der Waals surface area (Å²) in [7, 11) is 0. The van der Waals surface area contributed by atoms with Crippen molar-refractivity contribution >= 4 is 11.9 Å². The maximum atomic E-state index is 11.8. The maximum absolute atomic E-state index is 11.8. The van der Waals surface area contributed by atoms with Crippen molar-refractivity contribution < 1.29 is 24.5 Å². The molecule has 0 aliphatic carbocycles. The van der Waals surface area contributed by atoms with Crippen LogP contribution in [-0.2, 0) is 14.3 Å². The van der Waals surface area contributed by atoms with E-state index in [0.29, 0.717) is 13.2 Å². The van der Waals surface area contributed by atoms with Crippen LogP contribution < -0.4 is 10.6 Å². The number of carboxylic acid groups (broad SMARTS) is 1. The lowest BCUT2D eigenvalue weighted by Crippen LogP contribution is -2.46. The molecule has 0 saturated carbocycles. The number of hydrogen-bond acceptors (Lipinski definition) is 5. The zero-order valence-electron chi connectivity index (χ0n) is 10.4. The summed E-state index contributed by atoms with van der Waals surface area (Å²) in [5.74, 6) is -1.97. The first kappa shape index (κ1) is 14.9. The Morgan fingerprint density at radius 2 is 2.17 bits per heavy atom. The molecule has 1 rings (SSSR count). The summed E-state index contributed by atoms with van der Waals surface area (Å²) in [5, 5.41) is 23.2. The number of aliphatic hydroxyl groups is 1. The zero-order valence-corrected chi connectivity index (χ0v) is 10.4. The minimum Gasteiger partial charge on any atom is -0.479 e.